The van der Waals surface area contributed by atoms with Crippen molar-refractivity contribution in [2.24, 2.45) is 5.73 Å². The molecule has 4 heteroatoms. The summed E-state index contributed by atoms with van der Waals surface area (Å²) in [5.41, 5.74) is 8.67. The van der Waals surface area contributed by atoms with E-state index < -0.39 is 0 Å². The zero-order chi connectivity index (χ0) is 11.7. The molecule has 2 aromatic heterocycles. The van der Waals surface area contributed by atoms with Crippen LogP contribution in [0.1, 0.15) is 34.0 Å². The average molecular weight is 235 g/mol. The van der Waals surface area contributed by atoms with Gasteiger partial charge in [0, 0.05) is 22.5 Å². The van der Waals surface area contributed by atoms with Crippen molar-refractivity contribution in [2.45, 2.75) is 33.4 Å². The quantitative estimate of drug-likeness (QED) is 0.888. The van der Waals surface area contributed by atoms with Crippen LogP contribution in [0.5, 0.6) is 0 Å². The Kier molecular flexibility index (Phi) is 3.12. The molecular formula is C12H17N3S. The van der Waals surface area contributed by atoms with Crippen LogP contribution in [0.15, 0.2) is 18.3 Å². The van der Waals surface area contributed by atoms with E-state index >= 15 is 0 Å². The Labute approximate surface area is 99.9 Å². The molecule has 0 aromatic carbocycles. The van der Waals surface area contributed by atoms with Gasteiger partial charge in [0.15, 0.2) is 0 Å². The summed E-state index contributed by atoms with van der Waals surface area (Å²) in [4.78, 5) is 2.55. The van der Waals surface area contributed by atoms with Gasteiger partial charge in [0.1, 0.15) is 0 Å². The van der Waals surface area contributed by atoms with Gasteiger partial charge >= 0.3 is 0 Å². The highest BCUT2D eigenvalue weighted by atomic mass is 32.1. The van der Waals surface area contributed by atoms with Crippen LogP contribution in [0, 0.1) is 13.8 Å². The molecule has 86 valence electrons. The van der Waals surface area contributed by atoms with E-state index in [1.54, 1.807) is 11.3 Å². The molecule has 0 bridgehead atoms. The Hall–Kier alpha value is -1.13. The van der Waals surface area contributed by atoms with E-state index in [1.165, 1.54) is 15.3 Å². The fourth-order valence-electron chi connectivity index (χ4n) is 1.77. The highest BCUT2D eigenvalue weighted by molar-refractivity contribution is 7.12. The topological polar surface area (TPSA) is 43.8 Å². The molecule has 0 aliphatic heterocycles. The minimum Gasteiger partial charge on any atom is -0.318 e. The number of nitrogens with zero attached hydrogens (tertiary/aromatic N) is 2. The van der Waals surface area contributed by atoms with Gasteiger partial charge in [0.2, 0.25) is 0 Å². The molecule has 0 aliphatic carbocycles. The minimum absolute atomic E-state index is 0.0557. The standard InChI is InChI=1S/C12H17N3S/c1-4-15-10(5-6-14-15)12(13)11-7-8(2)9(3)16-11/h5-7,12H,4,13H2,1-3H3. The maximum Gasteiger partial charge on any atom is 0.0817 e. The summed E-state index contributed by atoms with van der Waals surface area (Å²) in [5.74, 6) is 0. The summed E-state index contributed by atoms with van der Waals surface area (Å²) in [5, 5.41) is 4.25. The van der Waals surface area contributed by atoms with E-state index in [2.05, 4.69) is 31.9 Å². The SMILES string of the molecule is CCn1nccc1C(N)c1cc(C)c(C)s1. The molecule has 1 unspecified atom stereocenters. The average Bonchev–Trinajstić information content (AvgIpc) is 2.85. The van der Waals surface area contributed by atoms with E-state index in [1.807, 2.05) is 16.9 Å². The Bertz CT molecular complexity index is 465. The minimum atomic E-state index is -0.0557. The summed E-state index contributed by atoms with van der Waals surface area (Å²) in [6, 6.07) is 4.12. The van der Waals surface area contributed by atoms with Crippen LogP contribution in [0.4, 0.5) is 0 Å². The molecule has 2 rings (SSSR count). The lowest BCUT2D eigenvalue weighted by atomic mass is 10.1. The van der Waals surface area contributed by atoms with E-state index in [0.717, 1.165) is 12.2 Å². The smallest absolute Gasteiger partial charge is 0.0817 e. The van der Waals surface area contributed by atoms with Gasteiger partial charge in [0.05, 0.1) is 11.7 Å². The largest absolute Gasteiger partial charge is 0.318 e. The number of aryl methyl sites for hydroxylation is 3. The zero-order valence-electron chi connectivity index (χ0n) is 9.90. The molecule has 2 aromatic rings. The van der Waals surface area contributed by atoms with Crippen molar-refractivity contribution < 1.29 is 0 Å². The summed E-state index contributed by atoms with van der Waals surface area (Å²) in [7, 11) is 0. The van der Waals surface area contributed by atoms with Crippen molar-refractivity contribution in [3.63, 3.8) is 0 Å². The molecule has 0 radical (unpaired) electrons. The van der Waals surface area contributed by atoms with E-state index in [0.29, 0.717) is 0 Å². The Balaban J connectivity index is 2.35. The van der Waals surface area contributed by atoms with Gasteiger partial charge in [0.25, 0.3) is 0 Å². The lowest BCUT2D eigenvalue weighted by Crippen LogP contribution is -2.16. The van der Waals surface area contributed by atoms with Crippen LogP contribution < -0.4 is 5.73 Å². The van der Waals surface area contributed by atoms with Crippen molar-refractivity contribution in [3.05, 3.63) is 39.3 Å². The number of rotatable bonds is 3. The second-order valence-electron chi connectivity index (χ2n) is 3.94. The molecule has 0 fully saturated rings. The third-order valence-corrected chi connectivity index (χ3v) is 4.09. The van der Waals surface area contributed by atoms with Crippen molar-refractivity contribution in [1.29, 1.82) is 0 Å². The first-order valence-corrected chi connectivity index (χ1v) is 6.29. The lowest BCUT2D eigenvalue weighted by Gasteiger charge is -2.11. The fraction of sp³-hybridized carbons (Fsp3) is 0.417. The van der Waals surface area contributed by atoms with Crippen LogP contribution in [0.25, 0.3) is 0 Å². The molecular weight excluding hydrogens is 218 g/mol. The Morgan fingerprint density at radius 2 is 2.25 bits per heavy atom. The highest BCUT2D eigenvalue weighted by Gasteiger charge is 2.15. The van der Waals surface area contributed by atoms with Gasteiger partial charge < -0.3 is 5.73 Å². The Morgan fingerprint density at radius 3 is 2.81 bits per heavy atom. The van der Waals surface area contributed by atoms with Crippen molar-refractivity contribution >= 4 is 11.3 Å². The van der Waals surface area contributed by atoms with Crippen LogP contribution in [0.3, 0.4) is 0 Å². The highest BCUT2D eigenvalue weighted by Crippen LogP contribution is 2.28. The molecule has 1 atom stereocenters. The van der Waals surface area contributed by atoms with Gasteiger partial charge in [-0.3, -0.25) is 4.68 Å². The Morgan fingerprint density at radius 1 is 1.50 bits per heavy atom. The van der Waals surface area contributed by atoms with Crippen molar-refractivity contribution in [3.8, 4) is 0 Å². The first-order chi connectivity index (χ1) is 7.63. The molecule has 0 saturated heterocycles. The molecule has 3 nitrogen and oxygen atoms in total. The second kappa shape index (κ2) is 4.39. The van der Waals surface area contributed by atoms with Crippen molar-refractivity contribution in [2.75, 3.05) is 0 Å². The number of thiophene rings is 1. The van der Waals surface area contributed by atoms with Gasteiger partial charge in [-0.25, -0.2) is 0 Å². The third-order valence-electron chi connectivity index (χ3n) is 2.86. The normalized spacial score (nSPS) is 13.0. The van der Waals surface area contributed by atoms with Crippen LogP contribution in [-0.4, -0.2) is 9.78 Å². The van der Waals surface area contributed by atoms with Crippen LogP contribution >= 0.6 is 11.3 Å². The first kappa shape index (κ1) is 11.4. The molecule has 0 spiro atoms. The van der Waals surface area contributed by atoms with Gasteiger partial charge in [-0.05, 0) is 38.5 Å². The lowest BCUT2D eigenvalue weighted by molar-refractivity contribution is 0.603. The van der Waals surface area contributed by atoms with Gasteiger partial charge in [-0.1, -0.05) is 0 Å². The van der Waals surface area contributed by atoms with E-state index in [-0.39, 0.29) is 6.04 Å². The van der Waals surface area contributed by atoms with Gasteiger partial charge in [-0.15, -0.1) is 11.3 Å². The summed E-state index contributed by atoms with van der Waals surface area (Å²) >= 11 is 1.77. The molecule has 0 amide bonds. The first-order valence-electron chi connectivity index (χ1n) is 5.47. The predicted molar refractivity (Wildman–Crippen MR) is 67.7 cm³/mol. The van der Waals surface area contributed by atoms with Crippen molar-refractivity contribution in [1.82, 2.24) is 9.78 Å². The fourth-order valence-corrected chi connectivity index (χ4v) is 2.83. The number of hydrogen-bond donors (Lipinski definition) is 1. The maximum atomic E-state index is 6.27. The van der Waals surface area contributed by atoms with E-state index in [4.69, 9.17) is 5.73 Å². The number of aromatic nitrogens is 2. The molecule has 0 saturated carbocycles. The van der Waals surface area contributed by atoms with Crippen LogP contribution in [0.2, 0.25) is 0 Å². The van der Waals surface area contributed by atoms with Gasteiger partial charge in [-0.2, -0.15) is 5.10 Å². The summed E-state index contributed by atoms with van der Waals surface area (Å²) in [6.45, 7) is 7.19. The number of hydrogen-bond acceptors (Lipinski definition) is 3. The predicted octanol–water partition coefficient (Wildman–Crippen LogP) is 2.63. The molecule has 2 N–H and O–H groups in total. The monoisotopic (exact) mass is 235 g/mol. The van der Waals surface area contributed by atoms with E-state index in [9.17, 15) is 0 Å². The third kappa shape index (κ3) is 1.90. The summed E-state index contributed by atoms with van der Waals surface area (Å²) in [6.07, 6.45) is 1.81. The molecule has 16 heavy (non-hydrogen) atoms. The molecule has 0 aliphatic rings. The maximum absolute atomic E-state index is 6.27. The molecule has 2 heterocycles. The zero-order valence-corrected chi connectivity index (χ0v) is 10.7. The number of nitrogens with two attached hydrogens (primary N) is 1. The summed E-state index contributed by atoms with van der Waals surface area (Å²) < 4.78 is 1.95. The second-order valence-corrected chi connectivity index (χ2v) is 5.23. The van der Waals surface area contributed by atoms with Crippen LogP contribution in [-0.2, 0) is 6.54 Å².